The van der Waals surface area contributed by atoms with Crippen molar-refractivity contribution in [2.75, 3.05) is 23.8 Å². The summed E-state index contributed by atoms with van der Waals surface area (Å²) in [4.78, 5) is 13.7. The first-order valence-electron chi connectivity index (χ1n) is 8.36. The third kappa shape index (κ3) is 3.41. The van der Waals surface area contributed by atoms with Crippen molar-refractivity contribution < 1.29 is 4.74 Å². The average Bonchev–Trinajstić information content (AvgIpc) is 3.27. The number of pyridine rings is 1. The molecule has 0 bridgehead atoms. The fourth-order valence-corrected chi connectivity index (χ4v) is 2.85. The molecule has 4 heterocycles. The highest BCUT2D eigenvalue weighted by Gasteiger charge is 2.19. The minimum atomic E-state index is 0.181. The molecule has 26 heavy (non-hydrogen) atoms. The smallest absolute Gasteiger partial charge is 0.229 e. The number of ether oxygens (including phenoxy) is 1. The van der Waals surface area contributed by atoms with E-state index in [9.17, 15) is 0 Å². The molecule has 0 aliphatic carbocycles. The van der Waals surface area contributed by atoms with Gasteiger partial charge in [-0.1, -0.05) is 0 Å². The molecule has 1 aliphatic heterocycles. The molecular formula is C17H18N8O. The van der Waals surface area contributed by atoms with E-state index in [2.05, 4.69) is 36.8 Å². The second-order valence-corrected chi connectivity index (χ2v) is 6.13. The summed E-state index contributed by atoms with van der Waals surface area (Å²) in [6.07, 6.45) is 4.71. The van der Waals surface area contributed by atoms with Gasteiger partial charge in [-0.05, 0) is 18.6 Å². The molecule has 2 N–H and O–H groups in total. The van der Waals surface area contributed by atoms with E-state index >= 15 is 0 Å². The van der Waals surface area contributed by atoms with Crippen LogP contribution in [-0.4, -0.2) is 44.0 Å². The topological polar surface area (TPSA) is 114 Å². The number of aryl methyl sites for hydroxylation is 1. The van der Waals surface area contributed by atoms with Crippen LogP contribution in [0.5, 0.6) is 0 Å². The molecule has 1 saturated heterocycles. The summed E-state index contributed by atoms with van der Waals surface area (Å²) in [5.41, 5.74) is 2.86. The van der Waals surface area contributed by atoms with E-state index in [4.69, 9.17) is 10.00 Å². The van der Waals surface area contributed by atoms with Crippen LogP contribution in [0.1, 0.15) is 12.1 Å². The molecule has 0 spiro atoms. The largest absolute Gasteiger partial charge is 0.379 e. The highest BCUT2D eigenvalue weighted by molar-refractivity contribution is 5.87. The van der Waals surface area contributed by atoms with Gasteiger partial charge in [0.15, 0.2) is 5.82 Å². The van der Waals surface area contributed by atoms with Crippen molar-refractivity contribution in [1.29, 1.82) is 5.26 Å². The van der Waals surface area contributed by atoms with Crippen molar-refractivity contribution in [3.63, 3.8) is 0 Å². The van der Waals surface area contributed by atoms with Gasteiger partial charge in [0.05, 0.1) is 48.2 Å². The summed E-state index contributed by atoms with van der Waals surface area (Å²) >= 11 is 0. The lowest BCUT2D eigenvalue weighted by Gasteiger charge is -2.14. The summed E-state index contributed by atoms with van der Waals surface area (Å²) in [6.45, 7) is 1.36. The van der Waals surface area contributed by atoms with Crippen LogP contribution in [-0.2, 0) is 18.2 Å². The van der Waals surface area contributed by atoms with Crippen LogP contribution >= 0.6 is 0 Å². The molecule has 0 saturated carbocycles. The van der Waals surface area contributed by atoms with Gasteiger partial charge in [0, 0.05) is 19.9 Å². The monoisotopic (exact) mass is 350 g/mol. The van der Waals surface area contributed by atoms with Gasteiger partial charge in [0.1, 0.15) is 5.52 Å². The van der Waals surface area contributed by atoms with Gasteiger partial charge in [-0.3, -0.25) is 4.68 Å². The maximum Gasteiger partial charge on any atom is 0.229 e. The second kappa shape index (κ2) is 6.93. The van der Waals surface area contributed by atoms with E-state index in [1.807, 2.05) is 25.4 Å². The van der Waals surface area contributed by atoms with Crippen molar-refractivity contribution in [3.05, 3.63) is 30.2 Å². The first-order valence-corrected chi connectivity index (χ1v) is 8.36. The van der Waals surface area contributed by atoms with Gasteiger partial charge in [0.2, 0.25) is 5.95 Å². The van der Waals surface area contributed by atoms with Gasteiger partial charge >= 0.3 is 0 Å². The fraction of sp³-hybridized carbons (Fsp3) is 0.353. The summed E-state index contributed by atoms with van der Waals surface area (Å²) in [6, 6.07) is 5.98. The Morgan fingerprint density at radius 2 is 2.27 bits per heavy atom. The van der Waals surface area contributed by atoms with E-state index in [1.54, 1.807) is 10.9 Å². The Hall–Kier alpha value is -3.25. The molecule has 0 amide bonds. The Morgan fingerprint density at radius 1 is 1.35 bits per heavy atom. The zero-order valence-electron chi connectivity index (χ0n) is 14.3. The van der Waals surface area contributed by atoms with E-state index < -0.39 is 0 Å². The van der Waals surface area contributed by atoms with Crippen LogP contribution < -0.4 is 10.6 Å². The van der Waals surface area contributed by atoms with Gasteiger partial charge in [0.25, 0.3) is 0 Å². The van der Waals surface area contributed by atoms with Crippen LogP contribution in [0.25, 0.3) is 11.0 Å². The van der Waals surface area contributed by atoms with Crippen LogP contribution in [0, 0.1) is 11.3 Å². The molecule has 0 aromatic carbocycles. The van der Waals surface area contributed by atoms with Crippen molar-refractivity contribution in [3.8, 4) is 6.07 Å². The van der Waals surface area contributed by atoms with E-state index in [1.165, 1.54) is 0 Å². The molecule has 3 aromatic heterocycles. The van der Waals surface area contributed by atoms with Crippen LogP contribution in [0.15, 0.2) is 24.5 Å². The lowest BCUT2D eigenvalue weighted by Crippen LogP contribution is -2.20. The summed E-state index contributed by atoms with van der Waals surface area (Å²) in [5, 5.41) is 19.6. The Labute approximate surface area is 150 Å². The van der Waals surface area contributed by atoms with E-state index in [0.29, 0.717) is 35.1 Å². The number of aromatic nitrogens is 5. The number of anilines is 3. The van der Waals surface area contributed by atoms with Crippen LogP contribution in [0.4, 0.5) is 17.5 Å². The van der Waals surface area contributed by atoms with Crippen molar-refractivity contribution in [2.24, 2.45) is 7.05 Å². The fourth-order valence-electron chi connectivity index (χ4n) is 2.85. The van der Waals surface area contributed by atoms with Gasteiger partial charge in [-0.2, -0.15) is 15.3 Å². The Kier molecular flexibility index (Phi) is 4.33. The maximum absolute atomic E-state index is 8.93. The predicted molar refractivity (Wildman–Crippen MR) is 96.0 cm³/mol. The van der Waals surface area contributed by atoms with Crippen molar-refractivity contribution >= 4 is 28.5 Å². The Morgan fingerprint density at radius 3 is 3.00 bits per heavy atom. The highest BCUT2D eigenvalue weighted by Crippen LogP contribution is 2.24. The first-order chi connectivity index (χ1) is 12.7. The zero-order chi connectivity index (χ0) is 17.9. The lowest BCUT2D eigenvalue weighted by atomic mass is 10.2. The maximum atomic E-state index is 8.93. The molecule has 3 aromatic rings. The van der Waals surface area contributed by atoms with Crippen molar-refractivity contribution in [2.45, 2.75) is 18.9 Å². The predicted octanol–water partition coefficient (Wildman–Crippen LogP) is 1.77. The molecule has 1 aliphatic rings. The first kappa shape index (κ1) is 16.2. The van der Waals surface area contributed by atoms with Crippen molar-refractivity contribution in [1.82, 2.24) is 24.7 Å². The standard InChI is InChI=1S/C17H18N8O/c1-25-9-13(8-19-25)22-17-23-14-3-2-11(4-6-18)20-15(14)16(24-17)21-12-5-7-26-10-12/h2-3,8-9,12H,4-5,7,10H2,1H3,(H2,21,22,23,24)/t12-/m1/s1. The SMILES string of the molecule is Cn1cc(Nc2nc(N[C@@H]3CCOC3)c3nc(CC#N)ccc3n2)cn1. The second-order valence-electron chi connectivity index (χ2n) is 6.13. The number of nitriles is 1. The van der Waals surface area contributed by atoms with Gasteiger partial charge in [-0.15, -0.1) is 0 Å². The Bertz CT molecular complexity index is 971. The number of hydrogen-bond donors (Lipinski definition) is 2. The molecule has 4 rings (SSSR count). The average molecular weight is 350 g/mol. The highest BCUT2D eigenvalue weighted by atomic mass is 16.5. The minimum Gasteiger partial charge on any atom is -0.379 e. The zero-order valence-corrected chi connectivity index (χ0v) is 14.3. The summed E-state index contributed by atoms with van der Waals surface area (Å²) in [5.74, 6) is 1.10. The quantitative estimate of drug-likeness (QED) is 0.716. The van der Waals surface area contributed by atoms with E-state index in [-0.39, 0.29) is 12.5 Å². The number of fused-ring (bicyclic) bond motifs is 1. The van der Waals surface area contributed by atoms with Crippen LogP contribution in [0.2, 0.25) is 0 Å². The van der Waals surface area contributed by atoms with Gasteiger partial charge in [-0.25, -0.2) is 9.97 Å². The Balaban J connectivity index is 1.73. The molecule has 0 unspecified atom stereocenters. The number of hydrogen-bond acceptors (Lipinski definition) is 8. The van der Waals surface area contributed by atoms with E-state index in [0.717, 1.165) is 18.7 Å². The molecule has 9 heteroatoms. The van der Waals surface area contributed by atoms with Crippen LogP contribution in [0.3, 0.4) is 0 Å². The number of rotatable bonds is 5. The van der Waals surface area contributed by atoms with Gasteiger partial charge < -0.3 is 15.4 Å². The molecular weight excluding hydrogens is 332 g/mol. The molecule has 1 fully saturated rings. The lowest BCUT2D eigenvalue weighted by molar-refractivity contribution is 0.195. The summed E-state index contributed by atoms with van der Waals surface area (Å²) < 4.78 is 7.14. The minimum absolute atomic E-state index is 0.181. The number of nitrogens with one attached hydrogen (secondary N) is 2. The molecule has 132 valence electrons. The number of nitrogens with zero attached hydrogens (tertiary/aromatic N) is 6. The third-order valence-corrected chi connectivity index (χ3v) is 4.09. The molecule has 1 atom stereocenters. The molecule has 9 nitrogen and oxygen atoms in total. The third-order valence-electron chi connectivity index (χ3n) is 4.09. The normalized spacial score (nSPS) is 16.5. The summed E-state index contributed by atoms with van der Waals surface area (Å²) in [7, 11) is 1.85. The molecule has 0 radical (unpaired) electrons.